The first-order chi connectivity index (χ1) is 11.5. The number of nitrogens with one attached hydrogen (secondary N) is 1. The summed E-state index contributed by atoms with van der Waals surface area (Å²) in [4.78, 5) is 31.1. The number of carbonyl (C=O) groups excluding carboxylic acids is 1. The number of aryl methyl sites for hydroxylation is 1. The molecule has 24 heavy (non-hydrogen) atoms. The first kappa shape index (κ1) is 15.8. The van der Waals surface area contributed by atoms with Gasteiger partial charge in [-0.15, -0.1) is 0 Å². The molecule has 0 aliphatic heterocycles. The molecule has 0 spiro atoms. The summed E-state index contributed by atoms with van der Waals surface area (Å²) in [6, 6.07) is 3.51. The normalized spacial score (nSPS) is 10.7. The van der Waals surface area contributed by atoms with E-state index < -0.39 is 18.4 Å². The molecule has 0 saturated carbocycles. The van der Waals surface area contributed by atoms with Crippen molar-refractivity contribution in [1.29, 1.82) is 0 Å². The average molecular weight is 344 g/mol. The number of carbonyl (C=O) groups is 2. The molecule has 0 radical (unpaired) electrons. The van der Waals surface area contributed by atoms with E-state index in [1.165, 1.54) is 0 Å². The van der Waals surface area contributed by atoms with Crippen molar-refractivity contribution in [1.82, 2.24) is 19.7 Å². The second kappa shape index (κ2) is 6.20. The van der Waals surface area contributed by atoms with E-state index >= 15 is 0 Å². The highest BCUT2D eigenvalue weighted by Gasteiger charge is 2.23. The van der Waals surface area contributed by atoms with Crippen LogP contribution in [0.4, 0.5) is 0 Å². The van der Waals surface area contributed by atoms with Crippen molar-refractivity contribution in [3.63, 3.8) is 0 Å². The predicted octanol–water partition coefficient (Wildman–Crippen LogP) is 1.58. The Morgan fingerprint density at radius 3 is 2.83 bits per heavy atom. The Balaban J connectivity index is 2.20. The minimum Gasteiger partial charge on any atom is -0.505 e. The van der Waals surface area contributed by atoms with Gasteiger partial charge in [0.2, 0.25) is 0 Å². The second-order valence-electron chi connectivity index (χ2n) is 4.95. The van der Waals surface area contributed by atoms with E-state index in [0.29, 0.717) is 27.0 Å². The summed E-state index contributed by atoms with van der Waals surface area (Å²) < 4.78 is 4.85. The Morgan fingerprint density at radius 2 is 2.17 bits per heavy atom. The number of aliphatic carboxylic acids is 1. The summed E-state index contributed by atoms with van der Waals surface area (Å²) in [5.74, 6) is -2.27. The SMILES string of the molecule is Cc1nsc2c(-c3cccnc3)nc(C(=O)NCC(=O)O)c(O)c12. The topological polar surface area (TPSA) is 125 Å². The van der Waals surface area contributed by atoms with Crippen LogP contribution in [0, 0.1) is 6.92 Å². The van der Waals surface area contributed by atoms with Gasteiger partial charge < -0.3 is 15.5 Å². The van der Waals surface area contributed by atoms with Crippen molar-refractivity contribution in [2.45, 2.75) is 6.92 Å². The molecular weight excluding hydrogens is 332 g/mol. The van der Waals surface area contributed by atoms with Crippen LogP contribution in [0.5, 0.6) is 5.75 Å². The van der Waals surface area contributed by atoms with Gasteiger partial charge in [-0.2, -0.15) is 4.37 Å². The lowest BCUT2D eigenvalue weighted by atomic mass is 10.1. The second-order valence-corrected chi connectivity index (χ2v) is 5.72. The van der Waals surface area contributed by atoms with Crippen molar-refractivity contribution in [3.8, 4) is 17.0 Å². The average Bonchev–Trinajstić information content (AvgIpc) is 2.96. The Morgan fingerprint density at radius 1 is 1.38 bits per heavy atom. The Bertz CT molecular complexity index is 940. The van der Waals surface area contributed by atoms with Crippen molar-refractivity contribution in [2.24, 2.45) is 0 Å². The predicted molar refractivity (Wildman–Crippen MR) is 87.0 cm³/mol. The number of rotatable bonds is 4. The highest BCUT2D eigenvalue weighted by Crippen LogP contribution is 2.38. The number of fused-ring (bicyclic) bond motifs is 1. The molecule has 0 atom stereocenters. The first-order valence-electron chi connectivity index (χ1n) is 6.88. The van der Waals surface area contributed by atoms with Gasteiger partial charge in [0.25, 0.3) is 5.91 Å². The number of amides is 1. The maximum Gasteiger partial charge on any atom is 0.322 e. The number of aromatic nitrogens is 3. The molecular formula is C15H12N4O4S. The minimum atomic E-state index is -1.19. The van der Waals surface area contributed by atoms with E-state index in [9.17, 15) is 14.7 Å². The highest BCUT2D eigenvalue weighted by atomic mass is 32.1. The number of carboxylic acid groups (broad SMARTS) is 1. The van der Waals surface area contributed by atoms with E-state index in [0.717, 1.165) is 11.5 Å². The zero-order chi connectivity index (χ0) is 17.3. The van der Waals surface area contributed by atoms with Crippen molar-refractivity contribution >= 4 is 33.5 Å². The van der Waals surface area contributed by atoms with Crippen LogP contribution in [0.1, 0.15) is 16.2 Å². The van der Waals surface area contributed by atoms with Gasteiger partial charge in [0, 0.05) is 18.0 Å². The van der Waals surface area contributed by atoms with Crippen LogP contribution in [0.2, 0.25) is 0 Å². The quantitative estimate of drug-likeness (QED) is 0.656. The van der Waals surface area contributed by atoms with Crippen molar-refractivity contribution in [2.75, 3.05) is 6.54 Å². The number of hydrogen-bond acceptors (Lipinski definition) is 7. The molecule has 3 aromatic rings. The third-order valence-electron chi connectivity index (χ3n) is 3.31. The van der Waals surface area contributed by atoms with Gasteiger partial charge >= 0.3 is 5.97 Å². The van der Waals surface area contributed by atoms with Gasteiger partial charge in [-0.1, -0.05) is 0 Å². The van der Waals surface area contributed by atoms with Gasteiger partial charge in [0.1, 0.15) is 6.54 Å². The molecule has 0 aromatic carbocycles. The zero-order valence-electron chi connectivity index (χ0n) is 12.5. The third kappa shape index (κ3) is 2.76. The maximum atomic E-state index is 12.2. The number of pyridine rings is 2. The Kier molecular flexibility index (Phi) is 4.09. The fourth-order valence-corrected chi connectivity index (χ4v) is 3.15. The van der Waals surface area contributed by atoms with Gasteiger partial charge in [-0.25, -0.2) is 4.98 Å². The van der Waals surface area contributed by atoms with E-state index in [1.54, 1.807) is 31.5 Å². The van der Waals surface area contributed by atoms with Crippen molar-refractivity contribution in [3.05, 3.63) is 35.9 Å². The van der Waals surface area contributed by atoms with Crippen LogP contribution >= 0.6 is 11.5 Å². The van der Waals surface area contributed by atoms with Crippen LogP contribution in [0.25, 0.3) is 21.3 Å². The molecule has 0 unspecified atom stereocenters. The van der Waals surface area contributed by atoms with Crippen LogP contribution in [-0.4, -0.2) is 43.0 Å². The Hall–Kier alpha value is -3.07. The lowest BCUT2D eigenvalue weighted by Crippen LogP contribution is -2.30. The van der Waals surface area contributed by atoms with Gasteiger partial charge in [0.05, 0.1) is 21.5 Å². The number of hydrogen-bond donors (Lipinski definition) is 3. The third-order valence-corrected chi connectivity index (χ3v) is 4.26. The fraction of sp³-hybridized carbons (Fsp3) is 0.133. The fourth-order valence-electron chi connectivity index (χ4n) is 2.24. The van der Waals surface area contributed by atoms with Crippen molar-refractivity contribution < 1.29 is 19.8 Å². The van der Waals surface area contributed by atoms with Crippen LogP contribution < -0.4 is 5.32 Å². The summed E-state index contributed by atoms with van der Waals surface area (Å²) in [6.07, 6.45) is 3.20. The molecule has 0 bridgehead atoms. The molecule has 3 N–H and O–H groups in total. The van der Waals surface area contributed by atoms with Crippen LogP contribution in [0.15, 0.2) is 24.5 Å². The van der Waals surface area contributed by atoms with Gasteiger partial charge in [-0.3, -0.25) is 14.6 Å². The number of nitrogens with zero attached hydrogens (tertiary/aromatic N) is 3. The number of aromatic hydroxyl groups is 1. The first-order valence-corrected chi connectivity index (χ1v) is 7.65. The van der Waals surface area contributed by atoms with E-state index in [1.807, 2.05) is 0 Å². The molecule has 3 aromatic heterocycles. The lowest BCUT2D eigenvalue weighted by Gasteiger charge is -2.09. The zero-order valence-corrected chi connectivity index (χ0v) is 13.3. The molecule has 0 aliphatic rings. The number of carboxylic acids is 1. The van der Waals surface area contributed by atoms with E-state index in [2.05, 4.69) is 19.7 Å². The monoisotopic (exact) mass is 344 g/mol. The van der Waals surface area contributed by atoms with E-state index in [-0.39, 0.29) is 11.4 Å². The molecule has 9 heteroatoms. The lowest BCUT2D eigenvalue weighted by molar-refractivity contribution is -0.135. The summed E-state index contributed by atoms with van der Waals surface area (Å²) in [6.45, 7) is 1.14. The molecule has 3 rings (SSSR count). The molecule has 3 heterocycles. The minimum absolute atomic E-state index is 0.245. The van der Waals surface area contributed by atoms with Gasteiger partial charge in [-0.05, 0) is 30.6 Å². The standard InChI is InChI=1S/C15H12N4O4S/c1-7-10-13(22)12(15(23)17-6-9(20)21)18-11(14(10)24-19-7)8-3-2-4-16-5-8/h2-5,22H,6H2,1H3,(H,17,23)(H,20,21). The maximum absolute atomic E-state index is 12.2. The van der Waals surface area contributed by atoms with Gasteiger partial charge in [0.15, 0.2) is 11.4 Å². The molecule has 8 nitrogen and oxygen atoms in total. The summed E-state index contributed by atoms with van der Waals surface area (Å²) in [5.41, 5.74) is 1.44. The molecule has 1 amide bonds. The molecule has 0 aliphatic carbocycles. The summed E-state index contributed by atoms with van der Waals surface area (Å²) in [7, 11) is 0. The molecule has 0 fully saturated rings. The van der Waals surface area contributed by atoms with E-state index in [4.69, 9.17) is 5.11 Å². The molecule has 0 saturated heterocycles. The molecule has 122 valence electrons. The summed E-state index contributed by atoms with van der Waals surface area (Å²) in [5, 5.41) is 21.7. The highest BCUT2D eigenvalue weighted by molar-refractivity contribution is 7.14. The smallest absolute Gasteiger partial charge is 0.322 e. The van der Waals surface area contributed by atoms with Crippen LogP contribution in [-0.2, 0) is 4.79 Å². The van der Waals surface area contributed by atoms with Crippen LogP contribution in [0.3, 0.4) is 0 Å². The Labute approximate surface area is 140 Å². The summed E-state index contributed by atoms with van der Waals surface area (Å²) >= 11 is 1.16. The largest absolute Gasteiger partial charge is 0.505 e.